The summed E-state index contributed by atoms with van der Waals surface area (Å²) in [4.78, 5) is 15.3. The van der Waals surface area contributed by atoms with Gasteiger partial charge in [0.25, 0.3) is 0 Å². The predicted octanol–water partition coefficient (Wildman–Crippen LogP) is 3.84. The fourth-order valence-electron chi connectivity index (χ4n) is 4.66. The van der Waals surface area contributed by atoms with Gasteiger partial charge in [-0.2, -0.15) is 0 Å². The number of fused-ring (bicyclic) bond motifs is 1. The van der Waals surface area contributed by atoms with Crippen LogP contribution in [0.3, 0.4) is 0 Å². The average molecular weight is 469 g/mol. The lowest BCUT2D eigenvalue weighted by Gasteiger charge is -2.35. The molecule has 7 heteroatoms. The molecule has 0 aliphatic carbocycles. The minimum Gasteiger partial charge on any atom is -0.497 e. The molecule has 2 heterocycles. The van der Waals surface area contributed by atoms with E-state index in [2.05, 4.69) is 30.1 Å². The first-order valence-electron chi connectivity index (χ1n) is 12.1. The third kappa shape index (κ3) is 6.35. The highest BCUT2D eigenvalue weighted by molar-refractivity contribution is 5.76. The number of methoxy groups -OCH3 is 1. The molecule has 0 bridgehead atoms. The molecule has 184 valence electrons. The summed E-state index contributed by atoms with van der Waals surface area (Å²) in [5, 5.41) is 3.26. The Hall–Kier alpha value is -2.93. The summed E-state index contributed by atoms with van der Waals surface area (Å²) in [7, 11) is 1.63. The van der Waals surface area contributed by atoms with Crippen molar-refractivity contribution < 1.29 is 23.7 Å². The Balaban J connectivity index is 1.36. The second-order valence-electron chi connectivity index (χ2n) is 9.58. The first-order valence-corrected chi connectivity index (χ1v) is 12.1. The maximum absolute atomic E-state index is 12.8. The van der Waals surface area contributed by atoms with Gasteiger partial charge in [-0.3, -0.25) is 9.69 Å². The fraction of sp³-hybridized carbons (Fsp3) is 0.519. The molecule has 1 N–H and O–H groups in total. The molecule has 2 aliphatic heterocycles. The summed E-state index contributed by atoms with van der Waals surface area (Å²) in [5.74, 6) is 3.06. The van der Waals surface area contributed by atoms with E-state index in [0.717, 1.165) is 48.1 Å². The molecule has 1 atom stereocenters. The highest BCUT2D eigenvalue weighted by atomic mass is 16.6. The minimum absolute atomic E-state index is 0.00609. The van der Waals surface area contributed by atoms with Crippen LogP contribution in [0.5, 0.6) is 23.0 Å². The first-order chi connectivity index (χ1) is 16.4. The smallest absolute Gasteiger partial charge is 0.223 e. The van der Waals surface area contributed by atoms with Gasteiger partial charge >= 0.3 is 0 Å². The van der Waals surface area contributed by atoms with E-state index in [4.69, 9.17) is 18.9 Å². The van der Waals surface area contributed by atoms with E-state index < -0.39 is 0 Å². The van der Waals surface area contributed by atoms with E-state index in [1.807, 2.05) is 36.4 Å². The van der Waals surface area contributed by atoms with Crippen molar-refractivity contribution in [2.45, 2.75) is 51.1 Å². The van der Waals surface area contributed by atoms with Gasteiger partial charge in [-0.25, -0.2) is 0 Å². The summed E-state index contributed by atoms with van der Waals surface area (Å²) in [5.41, 5.74) is 1.27. The molecule has 0 saturated carbocycles. The SMILES string of the molecule is COc1ccc(OCCC(=O)NC(Cc2ccc3c(c2)OCCO3)CN2CCCC2(C)C)cc1. The number of carbonyl (C=O) groups is 1. The zero-order valence-electron chi connectivity index (χ0n) is 20.5. The monoisotopic (exact) mass is 468 g/mol. The molecule has 2 aliphatic rings. The van der Waals surface area contributed by atoms with Gasteiger partial charge in [0.05, 0.1) is 20.1 Å². The van der Waals surface area contributed by atoms with Crippen molar-refractivity contribution in [2.24, 2.45) is 0 Å². The Labute approximate surface area is 202 Å². The second kappa shape index (κ2) is 11.0. The third-order valence-electron chi connectivity index (χ3n) is 6.62. The molecule has 0 spiro atoms. The molecule has 7 nitrogen and oxygen atoms in total. The van der Waals surface area contributed by atoms with E-state index in [9.17, 15) is 4.79 Å². The largest absolute Gasteiger partial charge is 0.497 e. The Morgan fingerprint density at radius 1 is 1.09 bits per heavy atom. The summed E-state index contributed by atoms with van der Waals surface area (Å²) < 4.78 is 22.3. The van der Waals surface area contributed by atoms with Crippen molar-refractivity contribution >= 4 is 5.91 Å². The molecule has 1 unspecified atom stereocenters. The number of nitrogens with one attached hydrogen (secondary N) is 1. The number of carbonyl (C=O) groups excluding carboxylic acids is 1. The topological polar surface area (TPSA) is 69.3 Å². The summed E-state index contributed by atoms with van der Waals surface area (Å²) in [6.45, 7) is 7.90. The van der Waals surface area contributed by atoms with Crippen LogP contribution in [0.2, 0.25) is 0 Å². The van der Waals surface area contributed by atoms with Crippen molar-refractivity contribution in [3.05, 3.63) is 48.0 Å². The maximum atomic E-state index is 12.8. The van der Waals surface area contributed by atoms with E-state index in [1.165, 1.54) is 12.8 Å². The van der Waals surface area contributed by atoms with Crippen LogP contribution in [0, 0.1) is 0 Å². The number of nitrogens with zero attached hydrogens (tertiary/aromatic N) is 1. The zero-order chi connectivity index (χ0) is 24.0. The van der Waals surface area contributed by atoms with Crippen LogP contribution in [0.15, 0.2) is 42.5 Å². The van der Waals surface area contributed by atoms with Crippen molar-refractivity contribution in [2.75, 3.05) is 40.0 Å². The van der Waals surface area contributed by atoms with Crippen molar-refractivity contribution in [1.29, 1.82) is 0 Å². The molecule has 34 heavy (non-hydrogen) atoms. The van der Waals surface area contributed by atoms with Gasteiger partial charge in [0.15, 0.2) is 11.5 Å². The van der Waals surface area contributed by atoms with Gasteiger partial charge in [0.1, 0.15) is 24.7 Å². The summed E-state index contributed by atoms with van der Waals surface area (Å²) in [6.07, 6.45) is 3.39. The van der Waals surface area contributed by atoms with Crippen LogP contribution in [0.25, 0.3) is 0 Å². The lowest BCUT2D eigenvalue weighted by Crippen LogP contribution is -2.49. The molecule has 2 aromatic carbocycles. The van der Waals surface area contributed by atoms with Crippen LogP contribution < -0.4 is 24.3 Å². The quantitative estimate of drug-likeness (QED) is 0.572. The molecule has 1 saturated heterocycles. The molecule has 1 amide bonds. The van der Waals surface area contributed by atoms with Crippen LogP contribution in [0.4, 0.5) is 0 Å². The number of likely N-dealkylation sites (tertiary alicyclic amines) is 1. The zero-order valence-corrected chi connectivity index (χ0v) is 20.5. The highest BCUT2D eigenvalue weighted by Crippen LogP contribution is 2.32. The fourth-order valence-corrected chi connectivity index (χ4v) is 4.66. The van der Waals surface area contributed by atoms with E-state index >= 15 is 0 Å². The average Bonchev–Trinajstić information content (AvgIpc) is 3.16. The van der Waals surface area contributed by atoms with Crippen molar-refractivity contribution in [3.63, 3.8) is 0 Å². The highest BCUT2D eigenvalue weighted by Gasteiger charge is 2.33. The Kier molecular flexibility index (Phi) is 7.83. The maximum Gasteiger partial charge on any atom is 0.223 e. The van der Waals surface area contributed by atoms with E-state index in [-0.39, 0.29) is 17.5 Å². The summed E-state index contributed by atoms with van der Waals surface area (Å²) in [6, 6.07) is 13.4. The molecule has 2 aromatic rings. The number of ether oxygens (including phenoxy) is 4. The minimum atomic E-state index is -0.00643. The molecular weight excluding hydrogens is 432 g/mol. The van der Waals surface area contributed by atoms with Crippen LogP contribution in [-0.4, -0.2) is 62.4 Å². The molecule has 0 aromatic heterocycles. The standard InChI is InChI=1S/C27H36N2O5/c1-27(2)12-4-13-29(27)19-21(17-20-5-10-24-25(18-20)34-16-15-33-24)28-26(30)11-14-32-23-8-6-22(31-3)7-9-23/h5-10,18,21H,4,11-17,19H2,1-3H3,(H,28,30). The van der Waals surface area contributed by atoms with Crippen LogP contribution >= 0.6 is 0 Å². The van der Waals surface area contributed by atoms with Gasteiger partial charge in [0.2, 0.25) is 5.91 Å². The Morgan fingerprint density at radius 2 is 1.82 bits per heavy atom. The number of hydrogen-bond acceptors (Lipinski definition) is 6. The summed E-state index contributed by atoms with van der Waals surface area (Å²) >= 11 is 0. The molecule has 0 radical (unpaired) electrons. The van der Waals surface area contributed by atoms with Gasteiger partial charge in [-0.05, 0) is 81.6 Å². The van der Waals surface area contributed by atoms with Gasteiger partial charge in [-0.1, -0.05) is 6.07 Å². The lowest BCUT2D eigenvalue weighted by molar-refractivity contribution is -0.122. The van der Waals surface area contributed by atoms with Gasteiger partial charge in [-0.15, -0.1) is 0 Å². The van der Waals surface area contributed by atoms with E-state index in [0.29, 0.717) is 26.2 Å². The third-order valence-corrected chi connectivity index (χ3v) is 6.62. The van der Waals surface area contributed by atoms with Gasteiger partial charge in [0, 0.05) is 18.1 Å². The second-order valence-corrected chi connectivity index (χ2v) is 9.58. The number of hydrogen-bond donors (Lipinski definition) is 1. The van der Waals surface area contributed by atoms with Crippen LogP contribution in [-0.2, 0) is 11.2 Å². The molecule has 4 rings (SSSR count). The van der Waals surface area contributed by atoms with Crippen molar-refractivity contribution in [1.82, 2.24) is 10.2 Å². The Morgan fingerprint density at radius 3 is 2.53 bits per heavy atom. The lowest BCUT2D eigenvalue weighted by atomic mass is 9.99. The van der Waals surface area contributed by atoms with E-state index in [1.54, 1.807) is 7.11 Å². The van der Waals surface area contributed by atoms with Crippen molar-refractivity contribution in [3.8, 4) is 23.0 Å². The number of amides is 1. The normalized spacial score (nSPS) is 17.7. The molecular formula is C27H36N2O5. The predicted molar refractivity (Wildman–Crippen MR) is 131 cm³/mol. The Bertz CT molecular complexity index is 960. The first kappa shape index (κ1) is 24.2. The van der Waals surface area contributed by atoms with Crippen LogP contribution in [0.1, 0.15) is 38.7 Å². The molecule has 1 fully saturated rings. The number of rotatable bonds is 10. The van der Waals surface area contributed by atoms with Gasteiger partial charge < -0.3 is 24.3 Å². The number of benzene rings is 2.